The minimum atomic E-state index is -7.93. The summed E-state index contributed by atoms with van der Waals surface area (Å²) in [6, 6.07) is 0. The zero-order valence-corrected chi connectivity index (χ0v) is 70.1. The van der Waals surface area contributed by atoms with Gasteiger partial charge in [0.05, 0.1) is 228 Å². The van der Waals surface area contributed by atoms with E-state index < -0.39 is 66.1 Å². The van der Waals surface area contributed by atoms with Gasteiger partial charge in [-0.3, -0.25) is 14.4 Å². The predicted octanol–water partition coefficient (Wildman–Crippen LogP) is 10.9. The summed E-state index contributed by atoms with van der Waals surface area (Å²) in [6.45, 7) is 33.9. The molecule has 0 radical (unpaired) electrons. The zero-order chi connectivity index (χ0) is 88.0. The van der Waals surface area contributed by atoms with Gasteiger partial charge in [-0.05, 0) is 71.6 Å². The van der Waals surface area contributed by atoms with Crippen molar-refractivity contribution < 1.29 is 190 Å². The van der Waals surface area contributed by atoms with Gasteiger partial charge < -0.3 is 119 Å². The van der Waals surface area contributed by atoms with Gasteiger partial charge in [-0.25, -0.2) is 0 Å². The maximum Gasteiger partial charge on any atom is 0.460 e. The highest BCUT2D eigenvalue weighted by molar-refractivity contribution is 5.75. The predicted molar refractivity (Wildman–Crippen MR) is 399 cm³/mol. The van der Waals surface area contributed by atoms with Gasteiger partial charge in [-0.2, -0.15) is 57.1 Å². The lowest BCUT2D eigenvalue weighted by Gasteiger charge is -2.39. The third-order valence-electron chi connectivity index (χ3n) is 15.9. The molecule has 0 aliphatic heterocycles. The molecule has 702 valence electrons. The Bertz CT molecular complexity index is 2200. The van der Waals surface area contributed by atoms with E-state index in [1.54, 1.807) is 7.11 Å². The van der Waals surface area contributed by atoms with Crippen LogP contribution in [0.15, 0.2) is 0 Å². The quantitative estimate of drug-likeness (QED) is 0.0256. The van der Waals surface area contributed by atoms with Gasteiger partial charge >= 0.3 is 53.7 Å². The molecule has 0 aliphatic rings. The van der Waals surface area contributed by atoms with E-state index in [2.05, 4.69) is 4.74 Å². The highest BCUT2D eigenvalue weighted by Crippen LogP contribution is 2.60. The highest BCUT2D eigenvalue weighted by atomic mass is 19.4. The standard InChI is InChI=1S/C37H74O17.C26H52O9.C13H13F13O2/c1-5-37(2,3)36(38)54-35-34-53-33-32-52-31-30-51-29-28-50-27-26-49-25-24-48-23-22-47-21-20-46-19-18-45-17-16-44-15-14-43-13-12-42-11-10-41-9-8-40-7-6-39-4;1-3-25(2)26(28)35-24-10-23-34-22-9-21-33-20-8-19-32-18-7-17-31-16-6-15-30-14-5-13-29-12-4-11-27;1-3-6(2)7(27)28-5-4-8(14,15)9(16,17)10(18,19)11(20,21)12(22,23)13(24,25)26/h5-35H2,1-4H3;25,27H,3-24H2,1-2H3;6H,3-5H2,1-2H3. The smallest absolute Gasteiger partial charge is 0.460 e. The van der Waals surface area contributed by atoms with Crippen LogP contribution in [0, 0.1) is 17.3 Å². The topological polar surface area (TPSA) is 293 Å². The first-order valence-corrected chi connectivity index (χ1v) is 40.0. The fourth-order valence-electron chi connectivity index (χ4n) is 7.92. The molecule has 1 N–H and O–H groups in total. The van der Waals surface area contributed by atoms with Crippen molar-refractivity contribution in [1.29, 1.82) is 0 Å². The lowest BCUT2D eigenvalue weighted by Crippen LogP contribution is -2.70. The third-order valence-corrected chi connectivity index (χ3v) is 15.9. The fourth-order valence-corrected chi connectivity index (χ4v) is 7.92. The van der Waals surface area contributed by atoms with E-state index in [1.807, 2.05) is 34.6 Å². The minimum absolute atomic E-state index is 0.0278. The average molecular weight is 1750 g/mol. The van der Waals surface area contributed by atoms with E-state index in [-0.39, 0.29) is 37.5 Å². The molecule has 0 aromatic heterocycles. The Morgan fingerprint density at radius 3 is 0.718 bits per heavy atom. The number of aliphatic hydroxyl groups is 1. The number of esters is 3. The number of alkyl halides is 13. The summed E-state index contributed by atoms with van der Waals surface area (Å²) >= 11 is 0. The number of carbonyl (C=O) groups is 3. The van der Waals surface area contributed by atoms with Crippen LogP contribution in [0.5, 0.6) is 0 Å². The van der Waals surface area contributed by atoms with Gasteiger partial charge in [-0.15, -0.1) is 0 Å². The number of methoxy groups -OCH3 is 1. The van der Waals surface area contributed by atoms with Gasteiger partial charge in [0.25, 0.3) is 0 Å². The number of carbonyl (C=O) groups excluding carboxylic acids is 3. The van der Waals surface area contributed by atoms with Crippen LogP contribution in [-0.2, 0) is 128 Å². The van der Waals surface area contributed by atoms with Gasteiger partial charge in [0, 0.05) is 99.4 Å². The number of hydrogen-bond donors (Lipinski definition) is 1. The second-order valence-corrected chi connectivity index (χ2v) is 26.0. The van der Waals surface area contributed by atoms with Crippen molar-refractivity contribution in [2.24, 2.45) is 17.3 Å². The van der Waals surface area contributed by atoms with Crippen LogP contribution in [0.2, 0.25) is 0 Å². The van der Waals surface area contributed by atoms with Crippen molar-refractivity contribution in [1.82, 2.24) is 0 Å². The first-order chi connectivity index (χ1) is 55.9. The molecule has 2 unspecified atom stereocenters. The number of hydrogen-bond acceptors (Lipinski definition) is 28. The van der Waals surface area contributed by atoms with Crippen molar-refractivity contribution >= 4 is 17.9 Å². The van der Waals surface area contributed by atoms with Crippen molar-refractivity contribution in [3.8, 4) is 0 Å². The molecule has 0 saturated heterocycles. The molecule has 2 atom stereocenters. The number of halogens is 13. The van der Waals surface area contributed by atoms with Crippen LogP contribution in [-0.4, -0.2) is 363 Å². The molecule has 0 aliphatic carbocycles. The summed E-state index contributed by atoms with van der Waals surface area (Å²) in [5.74, 6) is -39.7. The fraction of sp³-hybridized carbons (Fsp3) is 0.961. The molecular formula is C76H139F13O28. The maximum absolute atomic E-state index is 13.4. The first-order valence-electron chi connectivity index (χ1n) is 40.0. The molecule has 0 fully saturated rings. The van der Waals surface area contributed by atoms with Gasteiger partial charge in [0.2, 0.25) is 0 Å². The van der Waals surface area contributed by atoms with Crippen LogP contribution in [0.25, 0.3) is 0 Å². The Labute approximate surface area is 682 Å². The average Bonchev–Trinajstić information content (AvgIpc) is 0.712. The van der Waals surface area contributed by atoms with E-state index in [0.29, 0.717) is 284 Å². The maximum atomic E-state index is 13.4. The van der Waals surface area contributed by atoms with Gasteiger partial charge in [0.15, 0.2) is 0 Å². The molecule has 0 aromatic carbocycles. The number of rotatable bonds is 85. The van der Waals surface area contributed by atoms with Crippen molar-refractivity contribution in [3.63, 3.8) is 0 Å². The summed E-state index contributed by atoms with van der Waals surface area (Å²) in [6.07, 6.45) is -2.56. The monoisotopic (exact) mass is 1750 g/mol. The summed E-state index contributed by atoms with van der Waals surface area (Å²) < 4.78 is 295. The summed E-state index contributed by atoms with van der Waals surface area (Å²) in [7, 11) is 1.64. The van der Waals surface area contributed by atoms with E-state index in [4.69, 9.17) is 114 Å². The highest BCUT2D eigenvalue weighted by Gasteiger charge is 2.90. The molecule has 0 aromatic rings. The molecule has 0 spiro atoms. The van der Waals surface area contributed by atoms with E-state index in [9.17, 15) is 71.5 Å². The molecule has 117 heavy (non-hydrogen) atoms. The normalized spacial score (nSPS) is 13.0. The molecule has 0 bridgehead atoms. The largest absolute Gasteiger partial charge is 0.465 e. The van der Waals surface area contributed by atoms with Crippen molar-refractivity contribution in [2.45, 2.75) is 155 Å². The van der Waals surface area contributed by atoms with Crippen molar-refractivity contribution in [2.75, 3.05) is 304 Å². The molecule has 0 amide bonds. The SMILES string of the molecule is CCC(C)(C)C(=O)OCCOCCOCCOCCOCCOCCOCCOCCOCCOCCOCCOCCOCCOCCOCCOC.CCC(C)C(=O)OCCC(F)(F)C(F)(F)C(F)(F)C(F)(F)C(F)(F)C(F)(F)F.CCC(C)C(=O)OCCCOCCCOCCCOCCCOCCCOCCCOCCCO. The molecule has 0 rings (SSSR count). The molecule has 28 nitrogen and oxygen atoms in total. The molecule has 41 heteroatoms. The van der Waals surface area contributed by atoms with Crippen LogP contribution >= 0.6 is 0 Å². The molecular weight excluding hydrogens is 1610 g/mol. The zero-order valence-electron chi connectivity index (χ0n) is 70.1. The number of aliphatic hydroxyl groups excluding tert-OH is 1. The van der Waals surface area contributed by atoms with Crippen molar-refractivity contribution in [3.05, 3.63) is 0 Å². The second kappa shape index (κ2) is 78.6. The van der Waals surface area contributed by atoms with Crippen LogP contribution < -0.4 is 0 Å². The second-order valence-electron chi connectivity index (χ2n) is 26.0. The van der Waals surface area contributed by atoms with Gasteiger partial charge in [-0.1, -0.05) is 34.6 Å². The summed E-state index contributed by atoms with van der Waals surface area (Å²) in [5.41, 5.74) is -0.460. The van der Waals surface area contributed by atoms with Gasteiger partial charge in [0.1, 0.15) is 6.61 Å². The van der Waals surface area contributed by atoms with Crippen LogP contribution in [0.4, 0.5) is 57.1 Å². The van der Waals surface area contributed by atoms with Crippen LogP contribution in [0.1, 0.15) is 119 Å². The Morgan fingerprint density at radius 1 is 0.274 bits per heavy atom. The first kappa shape index (κ1) is 118. The number of ether oxygens (including phenoxy) is 24. The lowest BCUT2D eigenvalue weighted by atomic mass is 9.91. The van der Waals surface area contributed by atoms with Crippen LogP contribution in [0.3, 0.4) is 0 Å². The summed E-state index contributed by atoms with van der Waals surface area (Å²) in [5, 5.41) is 8.64. The third kappa shape index (κ3) is 65.0. The van der Waals surface area contributed by atoms with E-state index in [0.717, 1.165) is 51.4 Å². The molecule has 0 saturated carbocycles. The molecule has 0 heterocycles. The van der Waals surface area contributed by atoms with E-state index >= 15 is 0 Å². The Hall–Kier alpha value is -3.38. The minimum Gasteiger partial charge on any atom is -0.465 e. The summed E-state index contributed by atoms with van der Waals surface area (Å²) in [4.78, 5) is 34.5. The Balaban J connectivity index is -0.00000178. The van der Waals surface area contributed by atoms with E-state index in [1.165, 1.54) is 13.8 Å². The lowest BCUT2D eigenvalue weighted by molar-refractivity contribution is -0.440. The Kier molecular flexibility index (Phi) is 79.1. The Morgan fingerprint density at radius 2 is 0.487 bits per heavy atom.